The highest BCUT2D eigenvalue weighted by molar-refractivity contribution is 6.15. The smallest absolute Gasteiger partial charge is 0.174 e. The van der Waals surface area contributed by atoms with Gasteiger partial charge in [-0.25, -0.2) is 9.98 Å². The Hall–Kier alpha value is -3.18. The molecule has 5 nitrogen and oxygen atoms in total. The van der Waals surface area contributed by atoms with Crippen molar-refractivity contribution in [2.45, 2.75) is 25.2 Å². The number of amidine groups is 2. The van der Waals surface area contributed by atoms with E-state index in [1.807, 2.05) is 48.5 Å². The summed E-state index contributed by atoms with van der Waals surface area (Å²) >= 11 is 0. The maximum Gasteiger partial charge on any atom is 0.174 e. The molecular weight excluding hydrogens is 336 g/mol. The molecule has 5 heteroatoms. The maximum absolute atomic E-state index is 6.30. The molecule has 0 saturated carbocycles. The highest BCUT2D eigenvalue weighted by Crippen LogP contribution is 2.49. The second kappa shape index (κ2) is 5.93. The van der Waals surface area contributed by atoms with Gasteiger partial charge in [-0.05, 0) is 13.0 Å². The van der Waals surface area contributed by atoms with Gasteiger partial charge >= 0.3 is 0 Å². The van der Waals surface area contributed by atoms with Gasteiger partial charge in [0, 0.05) is 28.7 Å². The lowest BCUT2D eigenvalue weighted by atomic mass is 9.84. The molecule has 134 valence electrons. The molecule has 0 radical (unpaired) electrons. The van der Waals surface area contributed by atoms with Crippen molar-refractivity contribution in [3.05, 3.63) is 83.4 Å². The van der Waals surface area contributed by atoms with Gasteiger partial charge in [-0.3, -0.25) is 5.73 Å². The Kier molecular flexibility index (Phi) is 3.52. The van der Waals surface area contributed by atoms with Crippen LogP contribution in [-0.4, -0.2) is 23.6 Å². The van der Waals surface area contributed by atoms with Crippen LogP contribution >= 0.6 is 0 Å². The first-order chi connectivity index (χ1) is 13.1. The summed E-state index contributed by atoms with van der Waals surface area (Å²) in [6.07, 6.45) is 6.65. The van der Waals surface area contributed by atoms with Gasteiger partial charge in [0.25, 0.3) is 0 Å². The zero-order chi connectivity index (χ0) is 18.4. The molecule has 3 N–H and O–H groups in total. The van der Waals surface area contributed by atoms with Crippen molar-refractivity contribution >= 4 is 17.2 Å². The molecule has 3 aliphatic rings. The number of nitrogens with two attached hydrogens (primary N) is 1. The summed E-state index contributed by atoms with van der Waals surface area (Å²) in [4.78, 5) is 9.35. The third kappa shape index (κ3) is 2.59. The summed E-state index contributed by atoms with van der Waals surface area (Å²) in [5, 5.41) is 3.15. The minimum Gasteiger partial charge on any atom is -0.482 e. The first-order valence-corrected chi connectivity index (χ1v) is 9.08. The quantitative estimate of drug-likeness (QED) is 0.868. The van der Waals surface area contributed by atoms with Gasteiger partial charge < -0.3 is 10.1 Å². The SMILES string of the molecule is CC12CC=CC=C1c1c(cccc1C1=NC(N)NC(c3ccccc3)=N1)O2. The van der Waals surface area contributed by atoms with Gasteiger partial charge in [-0.15, -0.1) is 0 Å². The highest BCUT2D eigenvalue weighted by Gasteiger charge is 2.42. The van der Waals surface area contributed by atoms with Crippen LogP contribution < -0.4 is 15.8 Å². The van der Waals surface area contributed by atoms with Gasteiger partial charge in [0.2, 0.25) is 0 Å². The fraction of sp³-hybridized carbons (Fsp3) is 0.182. The topological polar surface area (TPSA) is 72.0 Å². The van der Waals surface area contributed by atoms with E-state index < -0.39 is 6.29 Å². The van der Waals surface area contributed by atoms with E-state index in [0.717, 1.165) is 34.7 Å². The normalized spacial score (nSPS) is 25.4. The van der Waals surface area contributed by atoms with Crippen LogP contribution in [0.15, 0.2) is 76.7 Å². The Bertz CT molecular complexity index is 1040. The lowest BCUT2D eigenvalue weighted by molar-refractivity contribution is 0.170. The number of aliphatic imine (C=N–C) groups is 2. The Morgan fingerprint density at radius 1 is 1.15 bits per heavy atom. The number of rotatable bonds is 2. The number of hydrogen-bond donors (Lipinski definition) is 2. The molecule has 1 aliphatic carbocycles. The first kappa shape index (κ1) is 16.0. The Labute approximate surface area is 158 Å². The summed E-state index contributed by atoms with van der Waals surface area (Å²) in [7, 11) is 0. The molecule has 5 rings (SSSR count). The van der Waals surface area contributed by atoms with Crippen LogP contribution in [0.3, 0.4) is 0 Å². The first-order valence-electron chi connectivity index (χ1n) is 9.08. The van der Waals surface area contributed by atoms with Gasteiger partial charge in [-0.2, -0.15) is 0 Å². The van der Waals surface area contributed by atoms with Crippen LogP contribution in [0.4, 0.5) is 0 Å². The molecule has 0 aromatic heterocycles. The third-order valence-corrected chi connectivity index (χ3v) is 5.16. The van der Waals surface area contributed by atoms with Crippen LogP contribution in [0.25, 0.3) is 5.57 Å². The van der Waals surface area contributed by atoms with Crippen molar-refractivity contribution in [1.82, 2.24) is 5.32 Å². The lowest BCUT2D eigenvalue weighted by Gasteiger charge is -2.26. The Morgan fingerprint density at radius 2 is 2.00 bits per heavy atom. The number of nitrogens with zero attached hydrogens (tertiary/aromatic N) is 2. The monoisotopic (exact) mass is 356 g/mol. The van der Waals surface area contributed by atoms with E-state index in [1.165, 1.54) is 5.57 Å². The van der Waals surface area contributed by atoms with E-state index in [9.17, 15) is 0 Å². The molecule has 2 atom stereocenters. The van der Waals surface area contributed by atoms with Gasteiger partial charge in [-0.1, -0.05) is 60.7 Å². The second-order valence-electron chi connectivity index (χ2n) is 7.09. The fourth-order valence-corrected chi connectivity index (χ4v) is 3.86. The highest BCUT2D eigenvalue weighted by atomic mass is 16.5. The van der Waals surface area contributed by atoms with E-state index in [0.29, 0.717) is 5.84 Å². The van der Waals surface area contributed by atoms with Crippen molar-refractivity contribution in [3.8, 4) is 5.75 Å². The molecule has 0 fully saturated rings. The molecule has 0 saturated heterocycles. The van der Waals surface area contributed by atoms with E-state index in [-0.39, 0.29) is 5.60 Å². The molecule has 0 spiro atoms. The van der Waals surface area contributed by atoms with Crippen LogP contribution in [0.1, 0.15) is 30.0 Å². The molecular formula is C22H20N4O. The summed E-state index contributed by atoms with van der Waals surface area (Å²) < 4.78 is 6.30. The standard InChI is InChI=1S/C22H20N4O/c1-22-13-6-5-11-16(22)18-15(10-7-12-17(18)27-22)20-24-19(25-21(23)26-20)14-8-3-2-4-9-14/h2-12,21H,13,23H2,1H3,(H,24,25,26). The largest absolute Gasteiger partial charge is 0.482 e. The predicted molar refractivity (Wildman–Crippen MR) is 108 cm³/mol. The van der Waals surface area contributed by atoms with Crippen molar-refractivity contribution < 1.29 is 4.74 Å². The molecule has 2 heterocycles. The zero-order valence-electron chi connectivity index (χ0n) is 15.0. The summed E-state index contributed by atoms with van der Waals surface area (Å²) in [6.45, 7) is 2.13. The number of ether oxygens (including phenoxy) is 1. The second-order valence-corrected chi connectivity index (χ2v) is 7.09. The van der Waals surface area contributed by atoms with Crippen molar-refractivity contribution in [2.75, 3.05) is 0 Å². The van der Waals surface area contributed by atoms with Gasteiger partial charge in [0.1, 0.15) is 17.2 Å². The third-order valence-electron chi connectivity index (χ3n) is 5.16. The Morgan fingerprint density at radius 3 is 2.85 bits per heavy atom. The number of fused-ring (bicyclic) bond motifs is 3. The summed E-state index contributed by atoms with van der Waals surface area (Å²) in [5.74, 6) is 2.22. The van der Waals surface area contributed by atoms with E-state index in [2.05, 4.69) is 35.5 Å². The van der Waals surface area contributed by atoms with Crippen LogP contribution in [-0.2, 0) is 0 Å². The molecule has 2 aromatic rings. The summed E-state index contributed by atoms with van der Waals surface area (Å²) in [5.41, 5.74) is 9.98. The molecule has 27 heavy (non-hydrogen) atoms. The van der Waals surface area contributed by atoms with Crippen LogP contribution in [0.5, 0.6) is 5.75 Å². The number of allylic oxidation sites excluding steroid dienone is 2. The average molecular weight is 356 g/mol. The number of benzene rings is 2. The molecule has 2 aromatic carbocycles. The summed E-state index contributed by atoms with van der Waals surface area (Å²) in [6, 6.07) is 16.0. The van der Waals surface area contributed by atoms with Crippen molar-refractivity contribution in [3.63, 3.8) is 0 Å². The average Bonchev–Trinajstić information content (AvgIpc) is 3.00. The maximum atomic E-state index is 6.30. The van der Waals surface area contributed by atoms with Crippen LogP contribution in [0.2, 0.25) is 0 Å². The van der Waals surface area contributed by atoms with E-state index >= 15 is 0 Å². The van der Waals surface area contributed by atoms with Crippen LogP contribution in [0, 0.1) is 0 Å². The minimum absolute atomic E-state index is 0.339. The minimum atomic E-state index is -0.544. The van der Waals surface area contributed by atoms with Gasteiger partial charge in [0.15, 0.2) is 12.1 Å². The van der Waals surface area contributed by atoms with E-state index in [1.54, 1.807) is 0 Å². The molecule has 0 amide bonds. The van der Waals surface area contributed by atoms with Crippen molar-refractivity contribution in [1.29, 1.82) is 0 Å². The molecule has 0 bridgehead atoms. The number of nitrogens with one attached hydrogen (secondary N) is 1. The zero-order valence-corrected chi connectivity index (χ0v) is 15.0. The number of hydrogen-bond acceptors (Lipinski definition) is 5. The molecule has 2 unspecified atom stereocenters. The Balaban J connectivity index is 1.65. The fourth-order valence-electron chi connectivity index (χ4n) is 3.86. The van der Waals surface area contributed by atoms with Gasteiger partial charge in [0.05, 0.1) is 0 Å². The lowest BCUT2D eigenvalue weighted by Crippen LogP contribution is -2.44. The molecule has 2 aliphatic heterocycles. The predicted octanol–water partition coefficient (Wildman–Crippen LogP) is 3.22. The van der Waals surface area contributed by atoms with E-state index in [4.69, 9.17) is 15.5 Å². The van der Waals surface area contributed by atoms with Crippen molar-refractivity contribution in [2.24, 2.45) is 15.7 Å².